The Kier molecular flexibility index (Phi) is 3.69. The molecule has 0 bridgehead atoms. The van der Waals surface area contributed by atoms with E-state index in [-0.39, 0.29) is 5.91 Å². The van der Waals surface area contributed by atoms with Crippen LogP contribution in [0.1, 0.15) is 19.8 Å². The van der Waals surface area contributed by atoms with Gasteiger partial charge >= 0.3 is 0 Å². The molecule has 0 aromatic rings. The Labute approximate surface area is 78.9 Å². The van der Waals surface area contributed by atoms with Crippen molar-refractivity contribution in [2.45, 2.75) is 31.9 Å². The van der Waals surface area contributed by atoms with Crippen molar-refractivity contribution in [2.75, 3.05) is 20.1 Å². The molecule has 4 nitrogen and oxygen atoms in total. The molecule has 13 heavy (non-hydrogen) atoms. The first-order valence-corrected chi connectivity index (χ1v) is 4.81. The highest BCUT2D eigenvalue weighted by molar-refractivity contribution is 5.82. The molecule has 1 saturated heterocycles. The smallest absolute Gasteiger partial charge is 0.242 e. The van der Waals surface area contributed by atoms with Crippen molar-refractivity contribution in [1.82, 2.24) is 10.2 Å². The van der Waals surface area contributed by atoms with Crippen LogP contribution in [0.15, 0.2) is 0 Å². The van der Waals surface area contributed by atoms with Gasteiger partial charge in [0.05, 0.1) is 6.10 Å². The van der Waals surface area contributed by atoms with Crippen LogP contribution in [0.25, 0.3) is 0 Å². The van der Waals surface area contributed by atoms with E-state index in [1.165, 1.54) is 0 Å². The normalized spacial score (nSPS) is 21.6. The molecule has 0 saturated carbocycles. The van der Waals surface area contributed by atoms with Crippen molar-refractivity contribution in [3.63, 3.8) is 0 Å². The maximum absolute atomic E-state index is 11.7. The predicted octanol–water partition coefficient (Wildman–Crippen LogP) is -0.422. The van der Waals surface area contributed by atoms with Crippen LogP contribution in [-0.4, -0.2) is 48.2 Å². The minimum Gasteiger partial charge on any atom is -0.391 e. The average molecular weight is 186 g/mol. The van der Waals surface area contributed by atoms with E-state index >= 15 is 0 Å². The molecule has 1 unspecified atom stereocenters. The molecule has 0 aliphatic carbocycles. The van der Waals surface area contributed by atoms with Crippen molar-refractivity contribution >= 4 is 5.91 Å². The summed E-state index contributed by atoms with van der Waals surface area (Å²) in [5.74, 6) is 0.0231. The van der Waals surface area contributed by atoms with Gasteiger partial charge in [0.25, 0.3) is 0 Å². The minimum atomic E-state index is -0.627. The number of carbonyl (C=O) groups is 1. The van der Waals surface area contributed by atoms with Crippen molar-refractivity contribution in [3.05, 3.63) is 0 Å². The van der Waals surface area contributed by atoms with E-state index < -0.39 is 12.1 Å². The van der Waals surface area contributed by atoms with Gasteiger partial charge in [-0.1, -0.05) is 0 Å². The Bertz CT molecular complexity index is 176. The molecule has 1 aliphatic rings. The van der Waals surface area contributed by atoms with Gasteiger partial charge < -0.3 is 15.3 Å². The second kappa shape index (κ2) is 4.58. The third-order valence-corrected chi connectivity index (χ3v) is 2.48. The van der Waals surface area contributed by atoms with E-state index in [4.69, 9.17) is 0 Å². The highest BCUT2D eigenvalue weighted by Crippen LogP contribution is 2.10. The van der Waals surface area contributed by atoms with E-state index in [1.807, 2.05) is 4.90 Å². The van der Waals surface area contributed by atoms with Crippen LogP contribution in [0.4, 0.5) is 0 Å². The number of aliphatic hydroxyl groups excluding tert-OH is 1. The van der Waals surface area contributed by atoms with E-state index in [0.29, 0.717) is 0 Å². The Morgan fingerprint density at radius 1 is 1.46 bits per heavy atom. The summed E-state index contributed by atoms with van der Waals surface area (Å²) < 4.78 is 0. The van der Waals surface area contributed by atoms with Crippen molar-refractivity contribution in [1.29, 1.82) is 0 Å². The molecule has 0 aromatic carbocycles. The van der Waals surface area contributed by atoms with Gasteiger partial charge in [0.1, 0.15) is 6.04 Å². The topological polar surface area (TPSA) is 52.6 Å². The third-order valence-electron chi connectivity index (χ3n) is 2.48. The Balaban J connectivity index is 2.52. The molecule has 4 heteroatoms. The molecule has 1 aliphatic heterocycles. The lowest BCUT2D eigenvalue weighted by Crippen LogP contribution is -2.49. The highest BCUT2D eigenvalue weighted by Gasteiger charge is 2.28. The molecule has 76 valence electrons. The van der Waals surface area contributed by atoms with Gasteiger partial charge in [-0.2, -0.15) is 0 Å². The molecule has 0 aromatic heterocycles. The Morgan fingerprint density at radius 3 is 2.38 bits per heavy atom. The summed E-state index contributed by atoms with van der Waals surface area (Å²) in [6.07, 6.45) is 1.54. The lowest BCUT2D eigenvalue weighted by molar-refractivity contribution is -0.134. The summed E-state index contributed by atoms with van der Waals surface area (Å²) in [4.78, 5) is 13.5. The third kappa shape index (κ3) is 2.42. The van der Waals surface area contributed by atoms with Gasteiger partial charge in [0.2, 0.25) is 5.91 Å². The molecular weight excluding hydrogens is 168 g/mol. The SMILES string of the molecule is CNC(C(=O)N1CCCC1)[C@H](C)O. The van der Waals surface area contributed by atoms with Crippen LogP contribution in [0.3, 0.4) is 0 Å². The fourth-order valence-electron chi connectivity index (χ4n) is 1.71. The summed E-state index contributed by atoms with van der Waals surface area (Å²) >= 11 is 0. The molecule has 1 amide bonds. The molecule has 2 atom stereocenters. The van der Waals surface area contributed by atoms with E-state index in [9.17, 15) is 9.90 Å². The number of nitrogens with zero attached hydrogens (tertiary/aromatic N) is 1. The summed E-state index contributed by atoms with van der Waals surface area (Å²) in [6.45, 7) is 3.31. The first-order chi connectivity index (χ1) is 6.16. The first kappa shape index (κ1) is 10.5. The van der Waals surface area contributed by atoms with Crippen LogP contribution in [0.2, 0.25) is 0 Å². The van der Waals surface area contributed by atoms with Crippen LogP contribution in [0.5, 0.6) is 0 Å². The monoisotopic (exact) mass is 186 g/mol. The van der Waals surface area contributed by atoms with Gasteiger partial charge in [0.15, 0.2) is 0 Å². The maximum Gasteiger partial charge on any atom is 0.242 e. The average Bonchev–Trinajstić information content (AvgIpc) is 2.56. The number of aliphatic hydroxyl groups is 1. The van der Waals surface area contributed by atoms with Gasteiger partial charge in [-0.05, 0) is 26.8 Å². The number of amides is 1. The largest absolute Gasteiger partial charge is 0.391 e. The second-order valence-corrected chi connectivity index (χ2v) is 3.54. The standard InChI is InChI=1S/C9H18N2O2/c1-7(12)8(10-2)9(13)11-5-3-4-6-11/h7-8,10,12H,3-6H2,1-2H3/t7-,8?/m0/s1. The van der Waals surface area contributed by atoms with E-state index in [0.717, 1.165) is 25.9 Å². The number of rotatable bonds is 3. The number of likely N-dealkylation sites (tertiary alicyclic amines) is 1. The second-order valence-electron chi connectivity index (χ2n) is 3.54. The molecule has 2 N–H and O–H groups in total. The zero-order valence-electron chi connectivity index (χ0n) is 8.29. The summed E-state index contributed by atoms with van der Waals surface area (Å²) in [5, 5.41) is 12.2. The summed E-state index contributed by atoms with van der Waals surface area (Å²) in [5.41, 5.74) is 0. The zero-order valence-corrected chi connectivity index (χ0v) is 8.29. The molecular formula is C9H18N2O2. The Morgan fingerprint density at radius 2 is 2.00 bits per heavy atom. The number of hydrogen-bond acceptors (Lipinski definition) is 3. The van der Waals surface area contributed by atoms with Crippen LogP contribution >= 0.6 is 0 Å². The number of hydrogen-bond donors (Lipinski definition) is 2. The fraction of sp³-hybridized carbons (Fsp3) is 0.889. The van der Waals surface area contributed by atoms with Crippen LogP contribution < -0.4 is 5.32 Å². The number of likely N-dealkylation sites (N-methyl/N-ethyl adjacent to an activating group) is 1. The van der Waals surface area contributed by atoms with Gasteiger partial charge in [0, 0.05) is 13.1 Å². The summed E-state index contributed by atoms with van der Waals surface area (Å²) in [7, 11) is 1.70. The van der Waals surface area contributed by atoms with Crippen LogP contribution in [0, 0.1) is 0 Å². The highest BCUT2D eigenvalue weighted by atomic mass is 16.3. The van der Waals surface area contributed by atoms with E-state index in [2.05, 4.69) is 5.32 Å². The number of carbonyl (C=O) groups excluding carboxylic acids is 1. The molecule has 0 spiro atoms. The minimum absolute atomic E-state index is 0.0231. The maximum atomic E-state index is 11.7. The van der Waals surface area contributed by atoms with Crippen molar-refractivity contribution in [2.24, 2.45) is 0 Å². The molecule has 1 rings (SSSR count). The summed E-state index contributed by atoms with van der Waals surface area (Å²) in [6, 6.07) is -0.446. The van der Waals surface area contributed by atoms with Crippen LogP contribution in [-0.2, 0) is 4.79 Å². The quantitative estimate of drug-likeness (QED) is 0.629. The zero-order chi connectivity index (χ0) is 9.84. The van der Waals surface area contributed by atoms with Gasteiger partial charge in [-0.25, -0.2) is 0 Å². The van der Waals surface area contributed by atoms with E-state index in [1.54, 1.807) is 14.0 Å². The predicted molar refractivity (Wildman–Crippen MR) is 50.3 cm³/mol. The lowest BCUT2D eigenvalue weighted by Gasteiger charge is -2.24. The van der Waals surface area contributed by atoms with Gasteiger partial charge in [-0.3, -0.25) is 4.79 Å². The molecule has 0 radical (unpaired) electrons. The van der Waals surface area contributed by atoms with Crippen molar-refractivity contribution < 1.29 is 9.90 Å². The Hall–Kier alpha value is -0.610. The van der Waals surface area contributed by atoms with Crippen molar-refractivity contribution in [3.8, 4) is 0 Å². The molecule has 1 fully saturated rings. The molecule has 1 heterocycles. The van der Waals surface area contributed by atoms with Gasteiger partial charge in [-0.15, -0.1) is 0 Å². The first-order valence-electron chi connectivity index (χ1n) is 4.81. The fourth-order valence-corrected chi connectivity index (χ4v) is 1.71. The lowest BCUT2D eigenvalue weighted by atomic mass is 10.1. The number of nitrogens with one attached hydrogen (secondary N) is 1.